The van der Waals surface area contributed by atoms with Crippen LogP contribution in [0.2, 0.25) is 5.02 Å². The number of rotatable bonds is 5. The first-order chi connectivity index (χ1) is 10.1. The minimum absolute atomic E-state index is 0.0665. The van der Waals surface area contributed by atoms with Crippen LogP contribution in [0.1, 0.15) is 18.4 Å². The van der Waals surface area contributed by atoms with Crippen molar-refractivity contribution in [3.63, 3.8) is 0 Å². The van der Waals surface area contributed by atoms with Gasteiger partial charge in [-0.25, -0.2) is 4.79 Å². The first-order valence-electron chi connectivity index (χ1n) is 6.91. The van der Waals surface area contributed by atoms with Gasteiger partial charge in [0.15, 0.2) is 0 Å². The summed E-state index contributed by atoms with van der Waals surface area (Å²) >= 11 is 6.00. The number of benzene rings is 1. The molecule has 2 N–H and O–H groups in total. The number of carboxylic acid groups (broad SMARTS) is 1. The van der Waals surface area contributed by atoms with E-state index in [1.807, 2.05) is 0 Å². The average molecular weight is 312 g/mol. The van der Waals surface area contributed by atoms with Crippen LogP contribution in [0.3, 0.4) is 0 Å². The molecule has 1 aromatic rings. The van der Waals surface area contributed by atoms with E-state index in [0.717, 1.165) is 12.8 Å². The summed E-state index contributed by atoms with van der Waals surface area (Å²) in [4.78, 5) is 23.4. The Kier molecular flexibility index (Phi) is 5.59. The summed E-state index contributed by atoms with van der Waals surface area (Å²) in [6.45, 7) is 1.01. The van der Waals surface area contributed by atoms with E-state index in [-0.39, 0.29) is 18.2 Å². The van der Waals surface area contributed by atoms with Gasteiger partial charge in [0.05, 0.1) is 13.0 Å². The molecule has 5 nitrogen and oxygen atoms in total. The second-order valence-corrected chi connectivity index (χ2v) is 5.54. The first-order valence-corrected chi connectivity index (χ1v) is 7.29. The van der Waals surface area contributed by atoms with Crippen LogP contribution in [-0.2, 0) is 20.7 Å². The van der Waals surface area contributed by atoms with Crippen molar-refractivity contribution >= 4 is 23.5 Å². The van der Waals surface area contributed by atoms with Crippen LogP contribution >= 0.6 is 11.6 Å². The van der Waals surface area contributed by atoms with Gasteiger partial charge in [0.2, 0.25) is 5.91 Å². The summed E-state index contributed by atoms with van der Waals surface area (Å²) in [5.74, 6) is -1.56. The van der Waals surface area contributed by atoms with E-state index in [1.54, 1.807) is 24.3 Å². The van der Waals surface area contributed by atoms with Gasteiger partial charge in [-0.3, -0.25) is 4.79 Å². The molecule has 1 fully saturated rings. The number of hydrogen-bond donors (Lipinski definition) is 2. The topological polar surface area (TPSA) is 75.6 Å². The van der Waals surface area contributed by atoms with E-state index in [1.165, 1.54) is 0 Å². The number of carboxylic acids is 1. The molecule has 1 amide bonds. The lowest BCUT2D eigenvalue weighted by Crippen LogP contribution is -2.48. The minimum Gasteiger partial charge on any atom is -0.480 e. The molecule has 0 aliphatic carbocycles. The van der Waals surface area contributed by atoms with Gasteiger partial charge < -0.3 is 15.2 Å². The zero-order valence-electron chi connectivity index (χ0n) is 11.5. The molecule has 6 heteroatoms. The molecule has 1 aliphatic rings. The van der Waals surface area contributed by atoms with Crippen molar-refractivity contribution in [2.45, 2.75) is 25.3 Å². The lowest BCUT2D eigenvalue weighted by atomic mass is 9.93. The number of carbonyl (C=O) groups excluding carboxylic acids is 1. The summed E-state index contributed by atoms with van der Waals surface area (Å²) in [5.41, 5.74) is 0.681. The van der Waals surface area contributed by atoms with Crippen molar-refractivity contribution in [1.82, 2.24) is 5.32 Å². The molecule has 2 unspecified atom stereocenters. The molecule has 1 aliphatic heterocycles. The van der Waals surface area contributed by atoms with E-state index in [4.69, 9.17) is 16.3 Å². The molecule has 2 rings (SSSR count). The van der Waals surface area contributed by atoms with Gasteiger partial charge in [0.25, 0.3) is 0 Å². The number of hydrogen-bond acceptors (Lipinski definition) is 3. The standard InChI is InChI=1S/C15H18ClNO4/c16-12-6-2-1-4-10(12)8-13(18)17-14(15(19)20)11-5-3-7-21-9-11/h1-2,4,6,11,14H,3,5,7-9H2,(H,17,18)(H,19,20). The third kappa shape index (κ3) is 4.44. The predicted octanol–water partition coefficient (Wildman–Crippen LogP) is 1.88. The van der Waals surface area contributed by atoms with Gasteiger partial charge in [-0.1, -0.05) is 29.8 Å². The molecule has 21 heavy (non-hydrogen) atoms. The molecule has 0 saturated carbocycles. The van der Waals surface area contributed by atoms with E-state index in [0.29, 0.717) is 23.8 Å². The monoisotopic (exact) mass is 311 g/mol. The Morgan fingerprint density at radius 3 is 2.81 bits per heavy atom. The smallest absolute Gasteiger partial charge is 0.326 e. The molecule has 114 valence electrons. The Labute approximate surface area is 128 Å². The van der Waals surface area contributed by atoms with E-state index in [2.05, 4.69) is 5.32 Å². The Hall–Kier alpha value is -1.59. The zero-order chi connectivity index (χ0) is 15.2. The van der Waals surface area contributed by atoms with Crippen LogP contribution in [0.5, 0.6) is 0 Å². The molecule has 1 heterocycles. The van der Waals surface area contributed by atoms with Crippen LogP contribution < -0.4 is 5.32 Å². The van der Waals surface area contributed by atoms with E-state index < -0.39 is 12.0 Å². The van der Waals surface area contributed by atoms with Gasteiger partial charge in [0.1, 0.15) is 6.04 Å². The van der Waals surface area contributed by atoms with Crippen LogP contribution in [0.4, 0.5) is 0 Å². The molecule has 0 spiro atoms. The van der Waals surface area contributed by atoms with Crippen molar-refractivity contribution in [2.24, 2.45) is 5.92 Å². The van der Waals surface area contributed by atoms with Crippen molar-refractivity contribution in [3.8, 4) is 0 Å². The summed E-state index contributed by atoms with van der Waals surface area (Å²) in [6, 6.07) is 6.11. The third-order valence-electron chi connectivity index (χ3n) is 3.56. The predicted molar refractivity (Wildman–Crippen MR) is 78.3 cm³/mol. The molecular weight excluding hydrogens is 294 g/mol. The quantitative estimate of drug-likeness (QED) is 0.870. The lowest BCUT2D eigenvalue weighted by Gasteiger charge is -2.28. The van der Waals surface area contributed by atoms with Crippen molar-refractivity contribution in [1.29, 1.82) is 0 Å². The number of amides is 1. The van der Waals surface area contributed by atoms with Crippen molar-refractivity contribution < 1.29 is 19.4 Å². The maximum atomic E-state index is 12.0. The molecular formula is C15H18ClNO4. The van der Waals surface area contributed by atoms with Gasteiger partial charge in [-0.15, -0.1) is 0 Å². The normalized spacial score (nSPS) is 19.8. The van der Waals surface area contributed by atoms with Crippen LogP contribution in [0.25, 0.3) is 0 Å². The molecule has 0 bridgehead atoms. The molecule has 2 atom stereocenters. The average Bonchev–Trinajstić information content (AvgIpc) is 2.48. The Morgan fingerprint density at radius 1 is 1.43 bits per heavy atom. The third-order valence-corrected chi connectivity index (χ3v) is 3.93. The number of ether oxygens (including phenoxy) is 1. The molecule has 1 saturated heterocycles. The van der Waals surface area contributed by atoms with Crippen LogP contribution in [-0.4, -0.2) is 36.2 Å². The Morgan fingerprint density at radius 2 is 2.19 bits per heavy atom. The Balaban J connectivity index is 1.98. The number of carbonyl (C=O) groups is 2. The highest BCUT2D eigenvalue weighted by Crippen LogP contribution is 2.19. The summed E-state index contributed by atoms with van der Waals surface area (Å²) < 4.78 is 5.30. The van der Waals surface area contributed by atoms with Crippen molar-refractivity contribution in [2.75, 3.05) is 13.2 Å². The van der Waals surface area contributed by atoms with Gasteiger partial charge in [-0.05, 0) is 24.5 Å². The number of aliphatic carboxylic acids is 1. The zero-order valence-corrected chi connectivity index (χ0v) is 12.3. The summed E-state index contributed by atoms with van der Waals surface area (Å²) in [7, 11) is 0. The molecule has 1 aromatic carbocycles. The summed E-state index contributed by atoms with van der Waals surface area (Å²) in [5, 5.41) is 12.4. The van der Waals surface area contributed by atoms with E-state index in [9.17, 15) is 14.7 Å². The van der Waals surface area contributed by atoms with E-state index >= 15 is 0 Å². The lowest BCUT2D eigenvalue weighted by molar-refractivity contribution is -0.145. The maximum Gasteiger partial charge on any atom is 0.326 e. The fraction of sp³-hybridized carbons (Fsp3) is 0.467. The largest absolute Gasteiger partial charge is 0.480 e. The van der Waals surface area contributed by atoms with Crippen LogP contribution in [0, 0.1) is 5.92 Å². The fourth-order valence-electron chi connectivity index (χ4n) is 2.45. The highest BCUT2D eigenvalue weighted by molar-refractivity contribution is 6.31. The van der Waals surface area contributed by atoms with Gasteiger partial charge in [-0.2, -0.15) is 0 Å². The Bertz CT molecular complexity index is 514. The minimum atomic E-state index is -1.03. The maximum absolute atomic E-state index is 12.0. The van der Waals surface area contributed by atoms with Crippen LogP contribution in [0.15, 0.2) is 24.3 Å². The highest BCUT2D eigenvalue weighted by Gasteiger charge is 2.31. The second-order valence-electron chi connectivity index (χ2n) is 5.13. The van der Waals surface area contributed by atoms with Crippen molar-refractivity contribution in [3.05, 3.63) is 34.9 Å². The summed E-state index contributed by atoms with van der Waals surface area (Å²) in [6.07, 6.45) is 1.62. The van der Waals surface area contributed by atoms with Gasteiger partial charge >= 0.3 is 5.97 Å². The van der Waals surface area contributed by atoms with Gasteiger partial charge in [0, 0.05) is 17.5 Å². The highest BCUT2D eigenvalue weighted by atomic mass is 35.5. The molecule has 0 aromatic heterocycles. The number of nitrogens with one attached hydrogen (secondary N) is 1. The first kappa shape index (κ1) is 15.8. The SMILES string of the molecule is O=C(Cc1ccccc1Cl)NC(C(=O)O)C1CCCOC1. The number of halogens is 1. The second kappa shape index (κ2) is 7.43. The fourth-order valence-corrected chi connectivity index (χ4v) is 2.65. The molecule has 0 radical (unpaired) electrons.